The fourth-order valence-electron chi connectivity index (χ4n) is 3.41. The Kier molecular flexibility index (Phi) is 8.77. The highest BCUT2D eigenvalue weighted by atomic mass is 32.2. The van der Waals surface area contributed by atoms with Crippen LogP contribution in [0.4, 0.5) is 14.5 Å². The van der Waals surface area contributed by atoms with Gasteiger partial charge in [-0.1, -0.05) is 37.3 Å². The number of nitrogens with one attached hydrogen (secondary N) is 1. The maximum Gasteiger partial charge on any atom is 0.244 e. The highest BCUT2D eigenvalue weighted by molar-refractivity contribution is 7.92. The van der Waals surface area contributed by atoms with Gasteiger partial charge in [0.2, 0.25) is 21.8 Å². The average Bonchev–Trinajstić information content (AvgIpc) is 2.72. The quantitative estimate of drug-likeness (QED) is 0.577. The van der Waals surface area contributed by atoms with Crippen LogP contribution in [0, 0.1) is 11.6 Å². The number of sulfonamides is 1. The fourth-order valence-corrected chi connectivity index (χ4v) is 4.25. The number of carbonyl (C=O) groups excluding carboxylic acids is 2. The van der Waals surface area contributed by atoms with E-state index in [9.17, 15) is 26.8 Å². The van der Waals surface area contributed by atoms with E-state index in [1.54, 1.807) is 31.2 Å². The molecule has 0 aliphatic carbocycles. The van der Waals surface area contributed by atoms with Crippen LogP contribution in [0.3, 0.4) is 0 Å². The molecule has 0 saturated heterocycles. The Hall–Kier alpha value is -3.01. The summed E-state index contributed by atoms with van der Waals surface area (Å²) in [4.78, 5) is 27.8. The van der Waals surface area contributed by atoms with Crippen LogP contribution in [-0.2, 0) is 26.2 Å². The maximum absolute atomic E-state index is 13.8. The van der Waals surface area contributed by atoms with Crippen molar-refractivity contribution in [2.24, 2.45) is 0 Å². The van der Waals surface area contributed by atoms with Crippen LogP contribution in [0.1, 0.15) is 39.7 Å². The Balaban J connectivity index is 2.45. The average molecular weight is 496 g/mol. The summed E-state index contributed by atoms with van der Waals surface area (Å²) in [5.41, 5.74) is 0.00864. The van der Waals surface area contributed by atoms with Crippen molar-refractivity contribution in [1.82, 2.24) is 10.2 Å². The number of rotatable bonds is 9. The molecule has 2 aromatic rings. The van der Waals surface area contributed by atoms with Gasteiger partial charge < -0.3 is 10.2 Å². The molecule has 34 heavy (non-hydrogen) atoms. The van der Waals surface area contributed by atoms with Crippen molar-refractivity contribution in [3.05, 3.63) is 65.7 Å². The fraction of sp³-hybridized carbons (Fsp3) is 0.417. The van der Waals surface area contributed by atoms with E-state index in [-0.39, 0.29) is 24.6 Å². The molecule has 2 aromatic carbocycles. The molecule has 0 radical (unpaired) electrons. The first-order chi connectivity index (χ1) is 15.7. The summed E-state index contributed by atoms with van der Waals surface area (Å²) in [5.74, 6) is -3.41. The number of halogens is 2. The summed E-state index contributed by atoms with van der Waals surface area (Å²) in [6, 6.07) is 10.7. The van der Waals surface area contributed by atoms with Crippen LogP contribution >= 0.6 is 0 Å². The Morgan fingerprint density at radius 1 is 1.03 bits per heavy atom. The molecule has 0 saturated carbocycles. The van der Waals surface area contributed by atoms with E-state index in [4.69, 9.17) is 0 Å². The summed E-state index contributed by atoms with van der Waals surface area (Å²) in [5, 5.41) is 2.86. The third kappa shape index (κ3) is 7.51. The van der Waals surface area contributed by atoms with Crippen molar-refractivity contribution in [2.75, 3.05) is 17.1 Å². The standard InChI is InChI=1S/C24H31F2N3O4S/c1-6-21(23(31)27-24(2,3)4)28(15-17-10-8-7-9-11-17)22(30)16-29(34(5,32)33)18-12-13-19(25)20(26)14-18/h7-14,21H,6,15-16H2,1-5H3,(H,27,31)/t21-/m1/s1. The predicted molar refractivity (Wildman–Crippen MR) is 128 cm³/mol. The van der Waals surface area contributed by atoms with Gasteiger partial charge in [0, 0.05) is 18.2 Å². The number of hydrogen-bond acceptors (Lipinski definition) is 4. The Morgan fingerprint density at radius 2 is 1.65 bits per heavy atom. The normalized spacial score (nSPS) is 12.7. The minimum atomic E-state index is -4.03. The molecule has 0 heterocycles. The second-order valence-electron chi connectivity index (χ2n) is 9.04. The van der Waals surface area contributed by atoms with Gasteiger partial charge in [0.15, 0.2) is 11.6 Å². The van der Waals surface area contributed by atoms with Crippen molar-refractivity contribution in [3.8, 4) is 0 Å². The largest absolute Gasteiger partial charge is 0.350 e. The summed E-state index contributed by atoms with van der Waals surface area (Å²) < 4.78 is 52.8. The van der Waals surface area contributed by atoms with E-state index in [1.807, 2.05) is 26.8 Å². The lowest BCUT2D eigenvalue weighted by molar-refractivity contribution is -0.141. The second-order valence-corrected chi connectivity index (χ2v) is 10.9. The zero-order valence-electron chi connectivity index (χ0n) is 20.0. The number of hydrogen-bond donors (Lipinski definition) is 1. The first-order valence-electron chi connectivity index (χ1n) is 10.8. The number of nitrogens with zero attached hydrogens (tertiary/aromatic N) is 2. The number of amides is 2. The molecular weight excluding hydrogens is 464 g/mol. The molecule has 2 rings (SSSR count). The van der Waals surface area contributed by atoms with Crippen molar-refractivity contribution >= 4 is 27.5 Å². The van der Waals surface area contributed by atoms with Gasteiger partial charge in [0.1, 0.15) is 12.6 Å². The van der Waals surface area contributed by atoms with Crippen molar-refractivity contribution in [2.45, 2.75) is 52.2 Å². The summed E-state index contributed by atoms with van der Waals surface area (Å²) in [6.07, 6.45) is 1.15. The molecule has 0 aliphatic heterocycles. The van der Waals surface area contributed by atoms with Crippen molar-refractivity contribution in [3.63, 3.8) is 0 Å². The summed E-state index contributed by atoms with van der Waals surface area (Å²) in [7, 11) is -4.03. The van der Waals surface area contributed by atoms with Gasteiger partial charge >= 0.3 is 0 Å². The minimum absolute atomic E-state index is 0.0606. The van der Waals surface area contributed by atoms with Crippen LogP contribution in [0.5, 0.6) is 0 Å². The Labute approximate surface area is 199 Å². The molecule has 1 atom stereocenters. The highest BCUT2D eigenvalue weighted by Gasteiger charge is 2.33. The first-order valence-corrected chi connectivity index (χ1v) is 12.7. The molecule has 0 aromatic heterocycles. The van der Waals surface area contributed by atoms with Crippen LogP contribution in [0.15, 0.2) is 48.5 Å². The lowest BCUT2D eigenvalue weighted by Crippen LogP contribution is -2.55. The molecular formula is C24H31F2N3O4S. The van der Waals surface area contributed by atoms with E-state index >= 15 is 0 Å². The van der Waals surface area contributed by atoms with Gasteiger partial charge in [-0.05, 0) is 44.9 Å². The van der Waals surface area contributed by atoms with E-state index in [0.717, 1.165) is 30.0 Å². The molecule has 1 N–H and O–H groups in total. The zero-order valence-corrected chi connectivity index (χ0v) is 20.8. The molecule has 0 unspecified atom stereocenters. The number of benzene rings is 2. The highest BCUT2D eigenvalue weighted by Crippen LogP contribution is 2.22. The van der Waals surface area contributed by atoms with E-state index in [0.29, 0.717) is 4.31 Å². The predicted octanol–water partition coefficient (Wildman–Crippen LogP) is 3.45. The number of carbonyl (C=O) groups is 2. The minimum Gasteiger partial charge on any atom is -0.350 e. The van der Waals surface area contributed by atoms with E-state index in [2.05, 4.69) is 5.32 Å². The first kappa shape index (κ1) is 27.2. The van der Waals surface area contributed by atoms with Gasteiger partial charge in [0.05, 0.1) is 11.9 Å². The van der Waals surface area contributed by atoms with Gasteiger partial charge in [-0.25, -0.2) is 17.2 Å². The number of anilines is 1. The monoisotopic (exact) mass is 495 g/mol. The molecule has 7 nitrogen and oxygen atoms in total. The molecule has 10 heteroatoms. The summed E-state index contributed by atoms with van der Waals surface area (Å²) in [6.45, 7) is 6.57. The molecule has 2 amide bonds. The van der Waals surface area contributed by atoms with E-state index in [1.165, 1.54) is 4.90 Å². The SMILES string of the molecule is CC[C@H](C(=O)NC(C)(C)C)N(Cc1ccccc1)C(=O)CN(c1ccc(F)c(F)c1)S(C)(=O)=O. The van der Waals surface area contributed by atoms with Gasteiger partial charge in [-0.3, -0.25) is 13.9 Å². The Bertz CT molecular complexity index is 1120. The van der Waals surface area contributed by atoms with Gasteiger partial charge in [-0.2, -0.15) is 0 Å². The van der Waals surface area contributed by atoms with Crippen molar-refractivity contribution in [1.29, 1.82) is 0 Å². The third-order valence-corrected chi connectivity index (χ3v) is 6.09. The third-order valence-electron chi connectivity index (χ3n) is 4.95. The molecule has 0 aliphatic rings. The molecule has 0 bridgehead atoms. The van der Waals surface area contributed by atoms with Crippen LogP contribution in [-0.4, -0.2) is 49.5 Å². The molecule has 0 spiro atoms. The lowest BCUT2D eigenvalue weighted by atomic mass is 10.1. The Morgan fingerprint density at radius 3 is 2.15 bits per heavy atom. The van der Waals surface area contributed by atoms with Crippen LogP contribution in [0.2, 0.25) is 0 Å². The molecule has 0 fully saturated rings. The molecule has 186 valence electrons. The summed E-state index contributed by atoms with van der Waals surface area (Å²) >= 11 is 0. The van der Waals surface area contributed by atoms with E-state index < -0.39 is 45.7 Å². The topological polar surface area (TPSA) is 86.8 Å². The lowest BCUT2D eigenvalue weighted by Gasteiger charge is -2.34. The van der Waals surface area contributed by atoms with Gasteiger partial charge in [0.25, 0.3) is 0 Å². The smallest absolute Gasteiger partial charge is 0.244 e. The van der Waals surface area contributed by atoms with Gasteiger partial charge in [-0.15, -0.1) is 0 Å². The van der Waals surface area contributed by atoms with Crippen molar-refractivity contribution < 1.29 is 26.8 Å². The zero-order chi connectivity index (χ0) is 25.7. The maximum atomic E-state index is 13.8. The van der Waals surface area contributed by atoms with Crippen LogP contribution in [0.25, 0.3) is 0 Å². The second kappa shape index (κ2) is 10.9. The van der Waals surface area contributed by atoms with Crippen LogP contribution < -0.4 is 9.62 Å².